The number of hydrogen-bond donors (Lipinski definition) is 1. The van der Waals surface area contributed by atoms with Gasteiger partial charge in [-0.1, -0.05) is 6.07 Å². The molecule has 0 saturated carbocycles. The Labute approximate surface area is 110 Å². The fourth-order valence-corrected chi connectivity index (χ4v) is 1.52. The first-order valence-corrected chi connectivity index (χ1v) is 5.76. The van der Waals surface area contributed by atoms with Gasteiger partial charge in [0, 0.05) is 5.56 Å². The quantitative estimate of drug-likeness (QED) is 0.899. The van der Waals surface area contributed by atoms with Crippen molar-refractivity contribution in [1.82, 2.24) is 15.5 Å². The van der Waals surface area contributed by atoms with E-state index in [0.29, 0.717) is 23.4 Å². The molecule has 0 unspecified atom stereocenters. The molecule has 2 rings (SSSR count). The summed E-state index contributed by atoms with van der Waals surface area (Å²) in [5, 5.41) is 19.4. The molecule has 1 heterocycles. The molecule has 1 N–H and O–H groups in total. The van der Waals surface area contributed by atoms with Crippen LogP contribution in [0.2, 0.25) is 0 Å². The second-order valence-corrected chi connectivity index (χ2v) is 4.04. The van der Waals surface area contributed by atoms with Gasteiger partial charge < -0.3 is 5.32 Å². The van der Waals surface area contributed by atoms with Crippen molar-refractivity contribution in [2.24, 2.45) is 0 Å². The van der Waals surface area contributed by atoms with E-state index in [0.717, 1.165) is 5.69 Å². The summed E-state index contributed by atoms with van der Waals surface area (Å²) in [5.41, 5.74) is 2.44. The highest BCUT2D eigenvalue weighted by Gasteiger charge is 2.06. The summed E-state index contributed by atoms with van der Waals surface area (Å²) in [7, 11) is 0. The fourth-order valence-electron chi connectivity index (χ4n) is 1.52. The SMILES string of the molecule is Cc1ccc(CNC(=O)c2cccc(C#N)c2)nn1. The van der Waals surface area contributed by atoms with E-state index in [1.807, 2.05) is 25.1 Å². The molecule has 94 valence electrons. The van der Waals surface area contributed by atoms with Crippen LogP contribution < -0.4 is 5.32 Å². The number of amides is 1. The number of aromatic nitrogens is 2. The smallest absolute Gasteiger partial charge is 0.251 e. The van der Waals surface area contributed by atoms with E-state index in [2.05, 4.69) is 15.5 Å². The van der Waals surface area contributed by atoms with Gasteiger partial charge in [0.25, 0.3) is 5.91 Å². The molecule has 0 bridgehead atoms. The van der Waals surface area contributed by atoms with Crippen LogP contribution in [0.4, 0.5) is 0 Å². The Morgan fingerprint density at radius 1 is 1.32 bits per heavy atom. The first kappa shape index (κ1) is 12.7. The Balaban J connectivity index is 2.01. The second-order valence-electron chi connectivity index (χ2n) is 4.04. The Hall–Kier alpha value is -2.74. The van der Waals surface area contributed by atoms with Crippen molar-refractivity contribution < 1.29 is 4.79 Å². The molecule has 0 fully saturated rings. The maximum atomic E-state index is 11.9. The molecule has 0 aliphatic heterocycles. The summed E-state index contributed by atoms with van der Waals surface area (Å²) in [4.78, 5) is 11.9. The first-order chi connectivity index (χ1) is 9.19. The molecule has 0 aliphatic rings. The van der Waals surface area contributed by atoms with Crippen LogP contribution in [0, 0.1) is 18.3 Å². The van der Waals surface area contributed by atoms with E-state index in [-0.39, 0.29) is 5.91 Å². The molecule has 1 aromatic heterocycles. The number of benzene rings is 1. The predicted octanol–water partition coefficient (Wildman–Crippen LogP) is 1.59. The highest BCUT2D eigenvalue weighted by Crippen LogP contribution is 2.04. The lowest BCUT2D eigenvalue weighted by Crippen LogP contribution is -2.23. The molecule has 5 heteroatoms. The topological polar surface area (TPSA) is 78.7 Å². The average molecular weight is 252 g/mol. The van der Waals surface area contributed by atoms with Gasteiger partial charge in [-0.25, -0.2) is 0 Å². The molecule has 1 amide bonds. The molecule has 2 aromatic rings. The number of aryl methyl sites for hydroxylation is 1. The van der Waals surface area contributed by atoms with Crippen LogP contribution in [-0.4, -0.2) is 16.1 Å². The first-order valence-electron chi connectivity index (χ1n) is 5.76. The molecular formula is C14H12N4O. The molecule has 19 heavy (non-hydrogen) atoms. The lowest BCUT2D eigenvalue weighted by molar-refractivity contribution is 0.0950. The van der Waals surface area contributed by atoms with Crippen molar-refractivity contribution in [2.45, 2.75) is 13.5 Å². The van der Waals surface area contributed by atoms with Crippen LogP contribution in [-0.2, 0) is 6.54 Å². The minimum Gasteiger partial charge on any atom is -0.346 e. The van der Waals surface area contributed by atoms with Gasteiger partial charge >= 0.3 is 0 Å². The Bertz CT molecular complexity index is 629. The molecular weight excluding hydrogens is 240 g/mol. The number of rotatable bonds is 3. The minimum atomic E-state index is -0.237. The lowest BCUT2D eigenvalue weighted by Gasteiger charge is -2.04. The maximum Gasteiger partial charge on any atom is 0.251 e. The highest BCUT2D eigenvalue weighted by molar-refractivity contribution is 5.94. The van der Waals surface area contributed by atoms with Gasteiger partial charge in [0.05, 0.1) is 29.6 Å². The van der Waals surface area contributed by atoms with Gasteiger partial charge in [0.15, 0.2) is 0 Å². The van der Waals surface area contributed by atoms with Crippen molar-refractivity contribution in [3.8, 4) is 6.07 Å². The van der Waals surface area contributed by atoms with Crippen molar-refractivity contribution in [1.29, 1.82) is 5.26 Å². The van der Waals surface area contributed by atoms with Crippen molar-refractivity contribution in [3.05, 3.63) is 58.9 Å². The third-order valence-corrected chi connectivity index (χ3v) is 2.54. The fraction of sp³-hybridized carbons (Fsp3) is 0.143. The number of hydrogen-bond acceptors (Lipinski definition) is 4. The number of nitrogens with one attached hydrogen (secondary N) is 1. The van der Waals surface area contributed by atoms with Crippen LogP contribution in [0.5, 0.6) is 0 Å². The second kappa shape index (κ2) is 5.74. The number of nitriles is 1. The summed E-state index contributed by atoms with van der Waals surface area (Å²) in [6.45, 7) is 2.16. The number of nitrogens with zero attached hydrogens (tertiary/aromatic N) is 3. The number of carbonyl (C=O) groups is 1. The van der Waals surface area contributed by atoms with Crippen LogP contribution in [0.25, 0.3) is 0 Å². The summed E-state index contributed by atoms with van der Waals surface area (Å²) in [6.07, 6.45) is 0. The van der Waals surface area contributed by atoms with Crippen LogP contribution in [0.3, 0.4) is 0 Å². The molecule has 0 spiro atoms. The Morgan fingerprint density at radius 2 is 2.16 bits per heavy atom. The standard InChI is InChI=1S/C14H12N4O/c1-10-5-6-13(18-17-10)9-16-14(19)12-4-2-3-11(7-12)8-15/h2-7H,9H2,1H3,(H,16,19). The molecule has 0 saturated heterocycles. The normalized spacial score (nSPS) is 9.68. The molecule has 0 aliphatic carbocycles. The zero-order valence-electron chi connectivity index (χ0n) is 10.4. The molecule has 0 atom stereocenters. The third-order valence-electron chi connectivity index (χ3n) is 2.54. The zero-order chi connectivity index (χ0) is 13.7. The molecule has 0 radical (unpaired) electrons. The van der Waals surface area contributed by atoms with Crippen LogP contribution >= 0.6 is 0 Å². The van der Waals surface area contributed by atoms with E-state index in [9.17, 15) is 4.79 Å². The summed E-state index contributed by atoms with van der Waals surface area (Å²) < 4.78 is 0. The van der Waals surface area contributed by atoms with E-state index in [1.54, 1.807) is 24.3 Å². The monoisotopic (exact) mass is 252 g/mol. The average Bonchev–Trinajstić information content (AvgIpc) is 2.46. The van der Waals surface area contributed by atoms with Crippen molar-refractivity contribution in [3.63, 3.8) is 0 Å². The van der Waals surface area contributed by atoms with E-state index in [1.165, 1.54) is 0 Å². The Morgan fingerprint density at radius 3 is 2.84 bits per heavy atom. The zero-order valence-corrected chi connectivity index (χ0v) is 10.4. The Kier molecular flexibility index (Phi) is 3.84. The summed E-state index contributed by atoms with van der Waals surface area (Å²) >= 11 is 0. The van der Waals surface area contributed by atoms with E-state index < -0.39 is 0 Å². The van der Waals surface area contributed by atoms with Gasteiger partial charge in [-0.2, -0.15) is 15.5 Å². The predicted molar refractivity (Wildman–Crippen MR) is 69.1 cm³/mol. The largest absolute Gasteiger partial charge is 0.346 e. The lowest BCUT2D eigenvalue weighted by atomic mass is 10.1. The van der Waals surface area contributed by atoms with Crippen LogP contribution in [0.1, 0.15) is 27.3 Å². The summed E-state index contributed by atoms with van der Waals surface area (Å²) in [5.74, 6) is -0.237. The maximum absolute atomic E-state index is 11.9. The van der Waals surface area contributed by atoms with Crippen molar-refractivity contribution in [2.75, 3.05) is 0 Å². The van der Waals surface area contributed by atoms with Gasteiger partial charge in [-0.05, 0) is 37.3 Å². The summed E-state index contributed by atoms with van der Waals surface area (Å²) in [6, 6.07) is 12.2. The molecule has 5 nitrogen and oxygen atoms in total. The number of carbonyl (C=O) groups excluding carboxylic acids is 1. The van der Waals surface area contributed by atoms with E-state index in [4.69, 9.17) is 5.26 Å². The third kappa shape index (κ3) is 3.36. The van der Waals surface area contributed by atoms with Crippen LogP contribution in [0.15, 0.2) is 36.4 Å². The minimum absolute atomic E-state index is 0.237. The van der Waals surface area contributed by atoms with Crippen molar-refractivity contribution >= 4 is 5.91 Å². The highest BCUT2D eigenvalue weighted by atomic mass is 16.1. The van der Waals surface area contributed by atoms with Gasteiger partial charge in [0.2, 0.25) is 0 Å². The van der Waals surface area contributed by atoms with Gasteiger partial charge in [-0.3, -0.25) is 4.79 Å². The van der Waals surface area contributed by atoms with Gasteiger partial charge in [0.1, 0.15) is 0 Å². The molecule has 1 aromatic carbocycles. The van der Waals surface area contributed by atoms with Gasteiger partial charge in [-0.15, -0.1) is 0 Å². The van der Waals surface area contributed by atoms with E-state index >= 15 is 0 Å².